The van der Waals surface area contributed by atoms with Gasteiger partial charge in [0, 0.05) is 36.2 Å². The summed E-state index contributed by atoms with van der Waals surface area (Å²) in [5, 5.41) is 10.5. The minimum absolute atomic E-state index is 0.198. The van der Waals surface area contributed by atoms with E-state index in [2.05, 4.69) is 9.88 Å². The van der Waals surface area contributed by atoms with Crippen molar-refractivity contribution in [3.63, 3.8) is 0 Å². The highest BCUT2D eigenvalue weighted by atomic mass is 19.1. The molecule has 2 N–H and O–H groups in total. The van der Waals surface area contributed by atoms with Crippen LogP contribution in [0.2, 0.25) is 0 Å². The Kier molecular flexibility index (Phi) is 2.72. The summed E-state index contributed by atoms with van der Waals surface area (Å²) in [6.07, 6.45) is 0. The molecule has 3 aromatic rings. The standard InChI is InChI=1S/C17H15FN2O/c18-12-4-5-16-14(7-12)15-9-20(10-17(15)19-16)8-11-2-1-3-13(21)6-11/h1-7,19,21H,8-10H2. The van der Waals surface area contributed by atoms with E-state index in [1.165, 1.54) is 11.6 Å². The van der Waals surface area contributed by atoms with E-state index >= 15 is 0 Å². The first kappa shape index (κ1) is 12.4. The number of fused-ring (bicyclic) bond motifs is 3. The molecule has 1 aromatic heterocycles. The number of nitrogens with zero attached hydrogens (tertiary/aromatic N) is 1. The van der Waals surface area contributed by atoms with E-state index in [1.54, 1.807) is 24.3 Å². The van der Waals surface area contributed by atoms with Gasteiger partial charge in [-0.1, -0.05) is 12.1 Å². The smallest absolute Gasteiger partial charge is 0.123 e. The Morgan fingerprint density at radius 1 is 1.14 bits per heavy atom. The van der Waals surface area contributed by atoms with E-state index in [9.17, 15) is 9.50 Å². The number of hydrogen-bond donors (Lipinski definition) is 2. The molecule has 3 nitrogen and oxygen atoms in total. The predicted molar refractivity (Wildman–Crippen MR) is 79.3 cm³/mol. The van der Waals surface area contributed by atoms with Crippen LogP contribution in [0.4, 0.5) is 4.39 Å². The molecule has 2 aromatic carbocycles. The molecule has 0 unspecified atom stereocenters. The van der Waals surface area contributed by atoms with Crippen molar-refractivity contribution in [1.29, 1.82) is 0 Å². The van der Waals surface area contributed by atoms with Gasteiger partial charge < -0.3 is 10.1 Å². The maximum atomic E-state index is 13.4. The summed E-state index contributed by atoms with van der Waals surface area (Å²) in [5.74, 6) is 0.0912. The van der Waals surface area contributed by atoms with Gasteiger partial charge in [-0.3, -0.25) is 4.90 Å². The predicted octanol–water partition coefficient (Wildman–Crippen LogP) is 3.53. The Labute approximate surface area is 121 Å². The fraction of sp³-hybridized carbons (Fsp3) is 0.176. The van der Waals surface area contributed by atoms with Crippen LogP contribution in [0, 0.1) is 5.82 Å². The van der Waals surface area contributed by atoms with Crippen molar-refractivity contribution in [2.45, 2.75) is 19.6 Å². The van der Waals surface area contributed by atoms with Gasteiger partial charge in [-0.25, -0.2) is 4.39 Å². The zero-order valence-electron chi connectivity index (χ0n) is 11.4. The Bertz CT molecular complexity index is 825. The number of phenols is 1. The molecule has 1 aliphatic heterocycles. The van der Waals surface area contributed by atoms with Crippen LogP contribution in [0.1, 0.15) is 16.8 Å². The fourth-order valence-electron chi connectivity index (χ4n) is 3.12. The number of halogens is 1. The van der Waals surface area contributed by atoms with Crippen molar-refractivity contribution in [1.82, 2.24) is 9.88 Å². The summed E-state index contributed by atoms with van der Waals surface area (Å²) in [4.78, 5) is 5.65. The first-order valence-electron chi connectivity index (χ1n) is 6.98. The lowest BCUT2D eigenvalue weighted by molar-refractivity contribution is 0.273. The number of H-pyrrole nitrogens is 1. The quantitative estimate of drug-likeness (QED) is 0.754. The Morgan fingerprint density at radius 2 is 2.05 bits per heavy atom. The normalized spacial score (nSPS) is 14.7. The second-order valence-corrected chi connectivity index (χ2v) is 5.59. The SMILES string of the molecule is Oc1cccc(CN2Cc3[nH]c4ccc(F)cc4c3C2)c1. The van der Waals surface area contributed by atoms with Crippen LogP contribution in [0.25, 0.3) is 10.9 Å². The van der Waals surface area contributed by atoms with Crippen LogP contribution in [0.15, 0.2) is 42.5 Å². The van der Waals surface area contributed by atoms with Gasteiger partial charge in [-0.05, 0) is 41.5 Å². The highest BCUT2D eigenvalue weighted by Crippen LogP contribution is 2.31. The number of phenolic OH excluding ortho intramolecular Hbond substituents is 1. The minimum atomic E-state index is -0.198. The Hall–Kier alpha value is -2.33. The number of nitrogens with one attached hydrogen (secondary N) is 1. The van der Waals surface area contributed by atoms with Crippen molar-refractivity contribution in [2.24, 2.45) is 0 Å². The molecule has 0 saturated carbocycles. The summed E-state index contributed by atoms with van der Waals surface area (Å²) < 4.78 is 13.4. The molecule has 1 aliphatic rings. The van der Waals surface area contributed by atoms with Gasteiger partial charge in [-0.2, -0.15) is 0 Å². The Balaban J connectivity index is 1.61. The summed E-state index contributed by atoms with van der Waals surface area (Å²) in [5.41, 5.74) is 4.43. The van der Waals surface area contributed by atoms with Gasteiger partial charge in [0.05, 0.1) is 0 Å². The molecule has 2 heterocycles. The minimum Gasteiger partial charge on any atom is -0.508 e. The fourth-order valence-corrected chi connectivity index (χ4v) is 3.12. The van der Waals surface area contributed by atoms with E-state index in [0.717, 1.165) is 41.8 Å². The molecule has 106 valence electrons. The van der Waals surface area contributed by atoms with E-state index in [0.29, 0.717) is 0 Å². The zero-order chi connectivity index (χ0) is 14.4. The van der Waals surface area contributed by atoms with Gasteiger partial charge in [0.1, 0.15) is 11.6 Å². The molecule has 0 radical (unpaired) electrons. The topological polar surface area (TPSA) is 39.3 Å². The van der Waals surface area contributed by atoms with Gasteiger partial charge in [0.15, 0.2) is 0 Å². The highest BCUT2D eigenvalue weighted by molar-refractivity contribution is 5.85. The maximum absolute atomic E-state index is 13.4. The molecule has 0 atom stereocenters. The van der Waals surface area contributed by atoms with Crippen LogP contribution >= 0.6 is 0 Å². The average Bonchev–Trinajstić information content (AvgIpc) is 2.96. The molecule has 4 heteroatoms. The second-order valence-electron chi connectivity index (χ2n) is 5.59. The van der Waals surface area contributed by atoms with Crippen molar-refractivity contribution >= 4 is 10.9 Å². The second kappa shape index (κ2) is 4.60. The maximum Gasteiger partial charge on any atom is 0.123 e. The van der Waals surface area contributed by atoms with E-state index in [1.807, 2.05) is 12.1 Å². The molecule has 0 bridgehead atoms. The summed E-state index contributed by atoms with van der Waals surface area (Å²) in [6.45, 7) is 2.39. The number of benzene rings is 2. The number of rotatable bonds is 2. The monoisotopic (exact) mass is 282 g/mol. The molecule has 0 saturated heterocycles. The van der Waals surface area contributed by atoms with Crippen molar-refractivity contribution in [3.05, 3.63) is 65.1 Å². The largest absolute Gasteiger partial charge is 0.508 e. The first-order valence-corrected chi connectivity index (χ1v) is 6.98. The molecular weight excluding hydrogens is 267 g/mol. The summed E-state index contributed by atoms with van der Waals surface area (Å²) >= 11 is 0. The molecular formula is C17H15FN2O. The average molecular weight is 282 g/mol. The van der Waals surface area contributed by atoms with E-state index < -0.39 is 0 Å². The highest BCUT2D eigenvalue weighted by Gasteiger charge is 2.23. The van der Waals surface area contributed by atoms with Gasteiger partial charge >= 0.3 is 0 Å². The summed E-state index contributed by atoms with van der Waals surface area (Å²) in [7, 11) is 0. The molecule has 21 heavy (non-hydrogen) atoms. The lowest BCUT2D eigenvalue weighted by atomic mass is 10.1. The molecule has 4 rings (SSSR count). The van der Waals surface area contributed by atoms with Crippen LogP contribution in [0.3, 0.4) is 0 Å². The van der Waals surface area contributed by atoms with E-state index in [4.69, 9.17) is 0 Å². The van der Waals surface area contributed by atoms with E-state index in [-0.39, 0.29) is 11.6 Å². The molecule has 0 spiro atoms. The lowest BCUT2D eigenvalue weighted by Gasteiger charge is -2.15. The van der Waals surface area contributed by atoms with Crippen LogP contribution < -0.4 is 0 Å². The third-order valence-corrected chi connectivity index (χ3v) is 4.04. The van der Waals surface area contributed by atoms with Gasteiger partial charge in [-0.15, -0.1) is 0 Å². The third kappa shape index (κ3) is 2.17. The zero-order valence-corrected chi connectivity index (χ0v) is 11.4. The van der Waals surface area contributed by atoms with Crippen molar-refractivity contribution in [2.75, 3.05) is 0 Å². The summed E-state index contributed by atoms with van der Waals surface area (Å²) in [6, 6.07) is 12.2. The number of aromatic amines is 1. The van der Waals surface area contributed by atoms with Crippen molar-refractivity contribution in [3.8, 4) is 5.75 Å². The first-order chi connectivity index (χ1) is 10.2. The third-order valence-electron chi connectivity index (χ3n) is 4.04. The Morgan fingerprint density at radius 3 is 2.90 bits per heavy atom. The number of aromatic hydroxyl groups is 1. The molecule has 0 amide bonds. The van der Waals surface area contributed by atoms with Crippen LogP contribution in [-0.4, -0.2) is 15.0 Å². The van der Waals surface area contributed by atoms with Crippen LogP contribution in [-0.2, 0) is 19.6 Å². The van der Waals surface area contributed by atoms with Gasteiger partial charge in [0.25, 0.3) is 0 Å². The molecule has 0 fully saturated rings. The molecule has 0 aliphatic carbocycles. The number of aromatic nitrogens is 1. The lowest BCUT2D eigenvalue weighted by Crippen LogP contribution is -2.16. The van der Waals surface area contributed by atoms with Crippen molar-refractivity contribution < 1.29 is 9.50 Å². The van der Waals surface area contributed by atoms with Crippen LogP contribution in [0.5, 0.6) is 5.75 Å². The van der Waals surface area contributed by atoms with Gasteiger partial charge in [0.2, 0.25) is 0 Å². The number of hydrogen-bond acceptors (Lipinski definition) is 2.